The summed E-state index contributed by atoms with van der Waals surface area (Å²) in [5.41, 5.74) is 1.01. The van der Waals surface area contributed by atoms with Gasteiger partial charge in [0.25, 0.3) is 0 Å². The van der Waals surface area contributed by atoms with E-state index in [0.29, 0.717) is 30.0 Å². The van der Waals surface area contributed by atoms with Gasteiger partial charge in [0.2, 0.25) is 17.6 Å². The lowest BCUT2D eigenvalue weighted by atomic mass is 9.94. The van der Waals surface area contributed by atoms with Crippen molar-refractivity contribution in [3.05, 3.63) is 22.7 Å². The molecule has 4 heterocycles. The van der Waals surface area contributed by atoms with E-state index in [0.717, 1.165) is 49.6 Å². The highest BCUT2D eigenvalue weighted by molar-refractivity contribution is 8.77. The van der Waals surface area contributed by atoms with Gasteiger partial charge >= 0.3 is 0 Å². The van der Waals surface area contributed by atoms with Gasteiger partial charge in [-0.05, 0) is 49.5 Å². The van der Waals surface area contributed by atoms with Crippen molar-refractivity contribution in [2.24, 2.45) is 5.92 Å². The molecule has 0 spiro atoms. The number of carbonyl (C=O) groups excluding carboxylic acids is 1. The fourth-order valence-electron chi connectivity index (χ4n) is 3.92. The summed E-state index contributed by atoms with van der Waals surface area (Å²) < 4.78 is 5.45. The van der Waals surface area contributed by atoms with E-state index in [1.807, 2.05) is 38.4 Å². The summed E-state index contributed by atoms with van der Waals surface area (Å²) in [5, 5.41) is 8.95. The van der Waals surface area contributed by atoms with Gasteiger partial charge in [-0.25, -0.2) is 0 Å². The van der Waals surface area contributed by atoms with Crippen LogP contribution in [0.15, 0.2) is 21.3 Å². The van der Waals surface area contributed by atoms with E-state index in [1.165, 1.54) is 25.0 Å². The molecule has 2 aliphatic rings. The molecular formula is C20H27N3O2S3. The van der Waals surface area contributed by atoms with Gasteiger partial charge in [-0.1, -0.05) is 33.2 Å². The van der Waals surface area contributed by atoms with Crippen molar-refractivity contribution in [1.82, 2.24) is 15.0 Å². The molecule has 0 bridgehead atoms. The molecule has 2 saturated heterocycles. The van der Waals surface area contributed by atoms with E-state index in [2.05, 4.69) is 15.0 Å². The van der Waals surface area contributed by atoms with Crippen molar-refractivity contribution in [3.8, 4) is 11.4 Å². The predicted molar refractivity (Wildman–Crippen MR) is 118 cm³/mol. The zero-order chi connectivity index (χ0) is 19.2. The van der Waals surface area contributed by atoms with E-state index >= 15 is 0 Å². The Morgan fingerprint density at radius 2 is 2.29 bits per heavy atom. The van der Waals surface area contributed by atoms with Crippen molar-refractivity contribution in [3.63, 3.8) is 0 Å². The molecule has 0 saturated carbocycles. The Kier molecular flexibility index (Phi) is 7.36. The maximum Gasteiger partial charge on any atom is 0.227 e. The highest BCUT2D eigenvalue weighted by Gasteiger charge is 2.25. The molecule has 152 valence electrons. The van der Waals surface area contributed by atoms with Crippen molar-refractivity contribution in [1.29, 1.82) is 0 Å². The SMILES string of the molecule is O=C(CCCC[C@H]1CCSS1)N1CCC[C@@H](Cc2nc(-c3ccsc3)no2)C1. The fraction of sp³-hybridized carbons (Fsp3) is 0.650. The molecular weight excluding hydrogens is 410 g/mol. The predicted octanol–water partition coefficient (Wildman–Crippen LogP) is 5.29. The van der Waals surface area contributed by atoms with Crippen LogP contribution in [0, 0.1) is 5.92 Å². The number of nitrogens with zero attached hydrogens (tertiary/aromatic N) is 3. The van der Waals surface area contributed by atoms with Gasteiger partial charge in [-0.15, -0.1) is 0 Å². The van der Waals surface area contributed by atoms with Crippen LogP contribution in [-0.2, 0) is 11.2 Å². The van der Waals surface area contributed by atoms with Crippen LogP contribution in [0.1, 0.15) is 50.8 Å². The molecule has 0 aromatic carbocycles. The molecule has 2 aromatic rings. The summed E-state index contributed by atoms with van der Waals surface area (Å²) in [4.78, 5) is 19.2. The van der Waals surface area contributed by atoms with E-state index in [-0.39, 0.29) is 0 Å². The molecule has 0 radical (unpaired) electrons. The highest BCUT2D eigenvalue weighted by Crippen LogP contribution is 2.39. The molecule has 0 unspecified atom stereocenters. The molecule has 1 amide bonds. The summed E-state index contributed by atoms with van der Waals surface area (Å²) in [7, 11) is 4.03. The van der Waals surface area contributed by atoms with Crippen LogP contribution in [0.25, 0.3) is 11.4 Å². The van der Waals surface area contributed by atoms with Crippen LogP contribution in [0.4, 0.5) is 0 Å². The lowest BCUT2D eigenvalue weighted by molar-refractivity contribution is -0.133. The summed E-state index contributed by atoms with van der Waals surface area (Å²) in [5.74, 6) is 3.38. The molecule has 5 nitrogen and oxygen atoms in total. The Hall–Kier alpha value is -0.990. The third-order valence-electron chi connectivity index (χ3n) is 5.48. The third kappa shape index (κ3) is 5.54. The van der Waals surface area contributed by atoms with E-state index < -0.39 is 0 Å². The quantitative estimate of drug-likeness (QED) is 0.413. The number of hydrogen-bond donors (Lipinski definition) is 0. The Bertz CT molecular complexity index is 744. The first-order chi connectivity index (χ1) is 13.8. The van der Waals surface area contributed by atoms with Gasteiger partial charge in [-0.2, -0.15) is 16.3 Å². The topological polar surface area (TPSA) is 59.2 Å². The maximum atomic E-state index is 12.6. The molecule has 8 heteroatoms. The summed E-state index contributed by atoms with van der Waals surface area (Å²) >= 11 is 1.63. The number of carbonyl (C=O) groups is 1. The lowest BCUT2D eigenvalue weighted by Crippen LogP contribution is -2.40. The van der Waals surface area contributed by atoms with Crippen molar-refractivity contribution < 1.29 is 9.32 Å². The second-order valence-corrected chi connectivity index (χ2v) is 11.2. The number of aromatic nitrogens is 2. The molecule has 2 fully saturated rings. The third-order valence-corrected chi connectivity index (χ3v) is 9.17. The molecule has 2 atom stereocenters. The van der Waals surface area contributed by atoms with Gasteiger partial charge < -0.3 is 9.42 Å². The van der Waals surface area contributed by atoms with Crippen LogP contribution in [0.3, 0.4) is 0 Å². The van der Waals surface area contributed by atoms with Crippen molar-refractivity contribution in [2.75, 3.05) is 18.8 Å². The van der Waals surface area contributed by atoms with Crippen LogP contribution >= 0.6 is 32.9 Å². The molecule has 2 aliphatic heterocycles. The average Bonchev–Trinajstić information content (AvgIpc) is 3.47. The number of hydrogen-bond acceptors (Lipinski definition) is 7. The van der Waals surface area contributed by atoms with Crippen molar-refractivity contribution >= 4 is 38.8 Å². The number of thiophene rings is 1. The van der Waals surface area contributed by atoms with E-state index in [1.54, 1.807) is 11.3 Å². The molecule has 0 aliphatic carbocycles. The Morgan fingerprint density at radius 1 is 1.32 bits per heavy atom. The maximum absolute atomic E-state index is 12.6. The zero-order valence-corrected chi connectivity index (χ0v) is 18.5. The number of piperidine rings is 1. The molecule has 28 heavy (non-hydrogen) atoms. The minimum Gasteiger partial charge on any atom is -0.342 e. The molecule has 0 N–H and O–H groups in total. The largest absolute Gasteiger partial charge is 0.342 e. The van der Waals surface area contributed by atoms with Crippen LogP contribution in [0.2, 0.25) is 0 Å². The first kappa shape index (κ1) is 20.3. The van der Waals surface area contributed by atoms with Gasteiger partial charge in [0.15, 0.2) is 0 Å². The Labute approximate surface area is 178 Å². The van der Waals surface area contributed by atoms with Gasteiger partial charge in [-0.3, -0.25) is 4.79 Å². The lowest BCUT2D eigenvalue weighted by Gasteiger charge is -2.32. The molecule has 2 aromatic heterocycles. The second-order valence-electron chi connectivity index (χ2n) is 7.65. The average molecular weight is 438 g/mol. The standard InChI is InChI=1S/C20H27N3O2S3/c24-19(6-2-1-5-17-8-11-27-28-17)23-9-3-4-15(13-23)12-18-21-20(22-25-18)16-7-10-26-14-16/h7,10,14-15,17H,1-6,8-9,11-13H2/t15-,17-/m0/s1. The normalized spacial score (nSPS) is 22.6. The number of unbranched alkanes of at least 4 members (excludes halogenated alkanes) is 1. The van der Waals surface area contributed by atoms with Gasteiger partial charge in [0.05, 0.1) is 0 Å². The molecule has 4 rings (SSSR count). The van der Waals surface area contributed by atoms with Crippen LogP contribution in [0.5, 0.6) is 0 Å². The number of amides is 1. The monoisotopic (exact) mass is 437 g/mol. The summed E-state index contributed by atoms with van der Waals surface area (Å²) in [6.07, 6.45) is 8.44. The number of likely N-dealkylation sites (tertiary alicyclic amines) is 1. The summed E-state index contributed by atoms with van der Waals surface area (Å²) in [6.45, 7) is 1.72. The van der Waals surface area contributed by atoms with Crippen LogP contribution in [-0.4, -0.2) is 45.0 Å². The smallest absolute Gasteiger partial charge is 0.227 e. The van der Waals surface area contributed by atoms with Crippen molar-refractivity contribution in [2.45, 2.75) is 56.6 Å². The fourth-order valence-corrected chi connectivity index (χ4v) is 7.58. The highest BCUT2D eigenvalue weighted by atomic mass is 33.1. The zero-order valence-electron chi connectivity index (χ0n) is 16.0. The van der Waals surface area contributed by atoms with E-state index in [4.69, 9.17) is 4.52 Å². The van der Waals surface area contributed by atoms with Crippen LogP contribution < -0.4 is 0 Å². The number of rotatable bonds is 8. The first-order valence-corrected chi connectivity index (χ1v) is 13.5. The van der Waals surface area contributed by atoms with E-state index in [9.17, 15) is 4.79 Å². The van der Waals surface area contributed by atoms with Gasteiger partial charge in [0.1, 0.15) is 0 Å². The Balaban J connectivity index is 1.21. The van der Waals surface area contributed by atoms with Gasteiger partial charge in [0, 0.05) is 47.9 Å². The second kappa shape index (κ2) is 10.2. The first-order valence-electron chi connectivity index (χ1n) is 10.2. The summed E-state index contributed by atoms with van der Waals surface area (Å²) in [6, 6.07) is 2.00. The minimum absolute atomic E-state index is 0.322. The minimum atomic E-state index is 0.322. The Morgan fingerprint density at radius 3 is 3.11 bits per heavy atom.